The number of piperazine rings is 1. The van der Waals surface area contributed by atoms with Crippen LogP contribution >= 0.6 is 23.1 Å². The molecule has 0 radical (unpaired) electrons. The maximum Gasteiger partial charge on any atom is 0.264 e. The molecule has 0 saturated carbocycles. The average Bonchev–Trinajstić information content (AvgIpc) is 3.33. The topological polar surface area (TPSA) is 48.9 Å². The zero-order valence-corrected chi connectivity index (χ0v) is 19.0. The highest BCUT2D eigenvalue weighted by atomic mass is 32.2. The number of amides is 1. The number of anilines is 3. The number of ether oxygens (including phenoxy) is 1. The van der Waals surface area contributed by atoms with Crippen molar-refractivity contribution in [2.75, 3.05) is 55.4 Å². The number of aromatic nitrogens is 1. The van der Waals surface area contributed by atoms with Gasteiger partial charge in [0, 0.05) is 50.4 Å². The van der Waals surface area contributed by atoms with Crippen molar-refractivity contribution in [1.82, 2.24) is 9.88 Å². The van der Waals surface area contributed by atoms with Gasteiger partial charge in [0.15, 0.2) is 0 Å². The Balaban J connectivity index is 1.24. The fraction of sp³-hybridized carbons (Fsp3) is 0.304. The van der Waals surface area contributed by atoms with Crippen LogP contribution in [-0.4, -0.2) is 61.4 Å². The molecule has 8 heteroatoms. The quantitative estimate of drug-likeness (QED) is 0.586. The zero-order valence-electron chi connectivity index (χ0n) is 17.4. The van der Waals surface area contributed by atoms with Crippen molar-refractivity contribution in [3.8, 4) is 5.75 Å². The molecule has 1 fully saturated rings. The predicted octanol–water partition coefficient (Wildman–Crippen LogP) is 4.36. The lowest BCUT2D eigenvalue weighted by Gasteiger charge is -2.36. The number of methoxy groups -OCH3 is 1. The van der Waals surface area contributed by atoms with E-state index in [0.29, 0.717) is 0 Å². The normalized spacial score (nSPS) is 16.2. The molecule has 0 atom stereocenters. The number of rotatable bonds is 4. The molecule has 1 amide bonds. The summed E-state index contributed by atoms with van der Waals surface area (Å²) in [7, 11) is 1.68. The molecule has 5 rings (SSSR count). The second kappa shape index (κ2) is 8.80. The molecule has 2 aliphatic heterocycles. The van der Waals surface area contributed by atoms with Crippen LogP contribution in [0.25, 0.3) is 0 Å². The van der Waals surface area contributed by atoms with Gasteiger partial charge in [-0.25, -0.2) is 4.98 Å². The number of carbonyl (C=O) groups excluding carboxylic acids is 1. The number of thiophene rings is 1. The van der Waals surface area contributed by atoms with Gasteiger partial charge in [-0.3, -0.25) is 4.79 Å². The summed E-state index contributed by atoms with van der Waals surface area (Å²) < 4.78 is 5.24. The van der Waals surface area contributed by atoms with Crippen molar-refractivity contribution >= 4 is 45.4 Å². The molecule has 1 saturated heterocycles. The number of thioether (sulfide) groups is 1. The van der Waals surface area contributed by atoms with Crippen molar-refractivity contribution in [1.29, 1.82) is 0 Å². The first-order valence-corrected chi connectivity index (χ1v) is 12.2. The minimum atomic E-state index is 0.128. The van der Waals surface area contributed by atoms with Crippen molar-refractivity contribution < 1.29 is 9.53 Å². The van der Waals surface area contributed by atoms with Gasteiger partial charge in [0.05, 0.1) is 22.7 Å². The van der Waals surface area contributed by atoms with Gasteiger partial charge in [0.25, 0.3) is 5.91 Å². The van der Waals surface area contributed by atoms with Crippen LogP contribution in [-0.2, 0) is 0 Å². The first-order chi connectivity index (χ1) is 15.2. The largest absolute Gasteiger partial charge is 0.497 e. The standard InChI is InChI=1S/C23H24N4O2S2/c1-29-18-6-4-17(5-7-18)25-11-13-26(14-12-25)23(28)20-8-9-21(31-20)27-15-16-30-22-19(27)3-2-10-24-22/h2-10H,11-16H2,1H3. The Morgan fingerprint density at radius 1 is 1.00 bits per heavy atom. The van der Waals surface area contributed by atoms with E-state index in [4.69, 9.17) is 4.74 Å². The molecule has 2 aromatic heterocycles. The maximum atomic E-state index is 13.1. The van der Waals surface area contributed by atoms with Crippen LogP contribution in [0.1, 0.15) is 9.67 Å². The molecule has 0 spiro atoms. The average molecular weight is 453 g/mol. The third kappa shape index (κ3) is 4.09. The van der Waals surface area contributed by atoms with E-state index >= 15 is 0 Å². The number of carbonyl (C=O) groups is 1. The first kappa shape index (κ1) is 20.2. The summed E-state index contributed by atoms with van der Waals surface area (Å²) in [5, 5.41) is 2.17. The van der Waals surface area contributed by atoms with Crippen LogP contribution in [0.4, 0.5) is 16.4 Å². The highest BCUT2D eigenvalue weighted by molar-refractivity contribution is 7.99. The Bertz CT molecular complexity index is 1060. The minimum Gasteiger partial charge on any atom is -0.497 e. The van der Waals surface area contributed by atoms with Crippen LogP contribution in [0.2, 0.25) is 0 Å². The summed E-state index contributed by atoms with van der Waals surface area (Å²) in [5.74, 6) is 1.98. The molecule has 160 valence electrons. The Hall–Kier alpha value is -2.71. The molecule has 0 unspecified atom stereocenters. The Morgan fingerprint density at radius 3 is 2.58 bits per heavy atom. The Kier molecular flexibility index (Phi) is 5.74. The molecule has 4 heterocycles. The van der Waals surface area contributed by atoms with Crippen LogP contribution in [0, 0.1) is 0 Å². The lowest BCUT2D eigenvalue weighted by molar-refractivity contribution is 0.0751. The first-order valence-electron chi connectivity index (χ1n) is 10.4. The van der Waals surface area contributed by atoms with E-state index in [1.54, 1.807) is 30.2 Å². The number of hydrogen-bond donors (Lipinski definition) is 0. The third-order valence-corrected chi connectivity index (χ3v) is 7.74. The monoisotopic (exact) mass is 452 g/mol. The number of pyridine rings is 1. The number of fused-ring (bicyclic) bond motifs is 1. The van der Waals surface area contributed by atoms with E-state index in [1.807, 2.05) is 35.4 Å². The van der Waals surface area contributed by atoms with Gasteiger partial charge in [-0.05, 0) is 48.5 Å². The fourth-order valence-electron chi connectivity index (χ4n) is 3.99. The van der Waals surface area contributed by atoms with Crippen LogP contribution in [0.15, 0.2) is 59.8 Å². The van der Waals surface area contributed by atoms with E-state index in [9.17, 15) is 4.79 Å². The number of hydrogen-bond acceptors (Lipinski definition) is 7. The van der Waals surface area contributed by atoms with E-state index in [2.05, 4.69) is 39.0 Å². The molecule has 3 aromatic rings. The SMILES string of the molecule is COc1ccc(N2CCN(C(=O)c3ccc(N4CCSc5ncccc54)s3)CC2)cc1. The molecule has 31 heavy (non-hydrogen) atoms. The molecule has 0 bridgehead atoms. The third-order valence-electron chi connectivity index (χ3n) is 5.67. The van der Waals surface area contributed by atoms with Crippen molar-refractivity contribution in [3.63, 3.8) is 0 Å². The van der Waals surface area contributed by atoms with Gasteiger partial charge >= 0.3 is 0 Å². The van der Waals surface area contributed by atoms with Gasteiger partial charge in [-0.2, -0.15) is 0 Å². The second-order valence-corrected chi connectivity index (χ2v) is 9.59. The maximum absolute atomic E-state index is 13.1. The minimum absolute atomic E-state index is 0.128. The molecule has 1 aromatic carbocycles. The molecule has 0 aliphatic carbocycles. The molecular weight excluding hydrogens is 428 g/mol. The summed E-state index contributed by atoms with van der Waals surface area (Å²) in [4.78, 5) is 25.0. The number of nitrogens with zero attached hydrogens (tertiary/aromatic N) is 4. The van der Waals surface area contributed by atoms with Gasteiger partial charge < -0.3 is 19.4 Å². The molecule has 0 N–H and O–H groups in total. The lowest BCUT2D eigenvalue weighted by Crippen LogP contribution is -2.48. The number of benzene rings is 1. The highest BCUT2D eigenvalue weighted by Crippen LogP contribution is 2.40. The second-order valence-electron chi connectivity index (χ2n) is 7.44. The fourth-order valence-corrected chi connectivity index (χ4v) is 5.93. The van der Waals surface area contributed by atoms with Crippen LogP contribution in [0.3, 0.4) is 0 Å². The zero-order chi connectivity index (χ0) is 21.2. The molecular formula is C23H24N4O2S2. The summed E-state index contributed by atoms with van der Waals surface area (Å²) >= 11 is 3.36. The van der Waals surface area contributed by atoms with Gasteiger partial charge in [0.1, 0.15) is 10.8 Å². The van der Waals surface area contributed by atoms with E-state index < -0.39 is 0 Å². The summed E-state index contributed by atoms with van der Waals surface area (Å²) in [6.45, 7) is 4.05. The summed E-state index contributed by atoms with van der Waals surface area (Å²) in [6.07, 6.45) is 1.84. The van der Waals surface area contributed by atoms with Crippen molar-refractivity contribution in [2.45, 2.75) is 5.03 Å². The van der Waals surface area contributed by atoms with Gasteiger partial charge in [-0.1, -0.05) is 0 Å². The van der Waals surface area contributed by atoms with E-state index in [1.165, 1.54) is 5.69 Å². The molecule has 2 aliphatic rings. The highest BCUT2D eigenvalue weighted by Gasteiger charge is 2.26. The van der Waals surface area contributed by atoms with Gasteiger partial charge in [-0.15, -0.1) is 23.1 Å². The van der Waals surface area contributed by atoms with Crippen molar-refractivity contribution in [3.05, 3.63) is 59.6 Å². The smallest absolute Gasteiger partial charge is 0.264 e. The van der Waals surface area contributed by atoms with Crippen molar-refractivity contribution in [2.24, 2.45) is 0 Å². The van der Waals surface area contributed by atoms with E-state index in [0.717, 1.165) is 64.8 Å². The Labute approximate surface area is 190 Å². The summed E-state index contributed by atoms with van der Waals surface area (Å²) in [6, 6.07) is 16.2. The van der Waals surface area contributed by atoms with Gasteiger partial charge in [0.2, 0.25) is 0 Å². The summed E-state index contributed by atoms with van der Waals surface area (Å²) in [5.41, 5.74) is 2.30. The Morgan fingerprint density at radius 2 is 1.81 bits per heavy atom. The molecule has 6 nitrogen and oxygen atoms in total. The lowest BCUT2D eigenvalue weighted by atomic mass is 10.2. The van der Waals surface area contributed by atoms with Crippen LogP contribution in [0.5, 0.6) is 5.75 Å². The van der Waals surface area contributed by atoms with Crippen LogP contribution < -0.4 is 14.5 Å². The predicted molar refractivity (Wildman–Crippen MR) is 127 cm³/mol. The van der Waals surface area contributed by atoms with E-state index in [-0.39, 0.29) is 5.91 Å².